The monoisotopic (exact) mass is 335 g/mol. The zero-order chi connectivity index (χ0) is 14.7. The van der Waals surface area contributed by atoms with Crippen molar-refractivity contribution in [3.8, 4) is 0 Å². The highest BCUT2D eigenvalue weighted by Gasteiger charge is 2.13. The molecule has 0 aliphatic carbocycles. The van der Waals surface area contributed by atoms with Gasteiger partial charge in [0.05, 0.1) is 0 Å². The van der Waals surface area contributed by atoms with Gasteiger partial charge in [-0.25, -0.2) is 4.39 Å². The summed E-state index contributed by atoms with van der Waals surface area (Å²) >= 11 is 3.50. The molecule has 2 aromatic carbocycles. The molecule has 0 amide bonds. The first-order valence-electron chi connectivity index (χ1n) is 6.69. The zero-order valence-corrected chi connectivity index (χ0v) is 13.6. The van der Waals surface area contributed by atoms with E-state index in [1.54, 1.807) is 12.1 Å². The topological polar surface area (TPSA) is 12.0 Å². The Morgan fingerprint density at radius 2 is 1.75 bits per heavy atom. The molecule has 0 fully saturated rings. The maximum atomic E-state index is 13.4. The largest absolute Gasteiger partial charge is 0.313 e. The van der Waals surface area contributed by atoms with E-state index < -0.39 is 0 Å². The van der Waals surface area contributed by atoms with Crippen LogP contribution in [-0.2, 0) is 6.42 Å². The fourth-order valence-corrected chi connectivity index (χ4v) is 2.93. The molecule has 0 aromatic heterocycles. The van der Waals surface area contributed by atoms with E-state index in [1.165, 1.54) is 22.8 Å². The molecule has 0 bridgehead atoms. The minimum absolute atomic E-state index is 0.173. The number of benzene rings is 2. The lowest BCUT2D eigenvalue weighted by Gasteiger charge is -2.19. The standard InChI is InChI=1S/C17H19BrFN/c1-11-6-12(2)8-14(7-11)17(20-3)10-13-9-15(19)4-5-16(13)18/h4-9,17,20H,10H2,1-3H3. The van der Waals surface area contributed by atoms with E-state index in [9.17, 15) is 4.39 Å². The fourth-order valence-electron chi connectivity index (χ4n) is 2.52. The van der Waals surface area contributed by atoms with Crippen molar-refractivity contribution >= 4 is 15.9 Å². The first kappa shape index (κ1) is 15.2. The van der Waals surface area contributed by atoms with Crippen molar-refractivity contribution < 1.29 is 4.39 Å². The molecule has 20 heavy (non-hydrogen) atoms. The Hall–Kier alpha value is -1.19. The van der Waals surface area contributed by atoms with Gasteiger partial charge in [-0.05, 0) is 56.6 Å². The molecule has 1 unspecified atom stereocenters. The van der Waals surface area contributed by atoms with Crippen LogP contribution in [0.15, 0.2) is 40.9 Å². The molecule has 0 radical (unpaired) electrons. The molecular formula is C17H19BrFN. The number of aryl methyl sites for hydroxylation is 2. The zero-order valence-electron chi connectivity index (χ0n) is 12.0. The first-order chi connectivity index (χ1) is 9.49. The van der Waals surface area contributed by atoms with Gasteiger partial charge >= 0.3 is 0 Å². The molecule has 0 saturated carbocycles. The molecular weight excluding hydrogens is 317 g/mol. The lowest BCUT2D eigenvalue weighted by Crippen LogP contribution is -2.19. The predicted molar refractivity (Wildman–Crippen MR) is 85.5 cm³/mol. The van der Waals surface area contributed by atoms with Gasteiger partial charge in [-0.2, -0.15) is 0 Å². The smallest absolute Gasteiger partial charge is 0.123 e. The second-order valence-corrected chi connectivity index (χ2v) is 6.06. The highest BCUT2D eigenvalue weighted by Crippen LogP contribution is 2.25. The number of halogens is 2. The van der Waals surface area contributed by atoms with Crippen molar-refractivity contribution in [3.05, 3.63) is 68.9 Å². The van der Waals surface area contributed by atoms with Crippen LogP contribution in [-0.4, -0.2) is 7.05 Å². The third kappa shape index (κ3) is 3.68. The van der Waals surface area contributed by atoms with Gasteiger partial charge in [-0.1, -0.05) is 45.3 Å². The molecule has 1 atom stereocenters. The highest BCUT2D eigenvalue weighted by molar-refractivity contribution is 9.10. The van der Waals surface area contributed by atoms with Crippen LogP contribution < -0.4 is 5.32 Å². The van der Waals surface area contributed by atoms with Crippen LogP contribution in [0.5, 0.6) is 0 Å². The van der Waals surface area contributed by atoms with Crippen LogP contribution in [0.2, 0.25) is 0 Å². The van der Waals surface area contributed by atoms with E-state index in [-0.39, 0.29) is 11.9 Å². The number of hydrogen-bond acceptors (Lipinski definition) is 1. The third-order valence-corrected chi connectivity index (χ3v) is 4.20. The third-order valence-electron chi connectivity index (χ3n) is 3.43. The molecule has 0 saturated heterocycles. The van der Waals surface area contributed by atoms with Crippen molar-refractivity contribution in [1.29, 1.82) is 0 Å². The highest BCUT2D eigenvalue weighted by atomic mass is 79.9. The fraction of sp³-hybridized carbons (Fsp3) is 0.294. The van der Waals surface area contributed by atoms with Crippen molar-refractivity contribution in [1.82, 2.24) is 5.32 Å². The molecule has 2 rings (SSSR count). The van der Waals surface area contributed by atoms with E-state index in [4.69, 9.17) is 0 Å². The van der Waals surface area contributed by atoms with Crippen LogP contribution in [0.3, 0.4) is 0 Å². The number of nitrogens with one attached hydrogen (secondary N) is 1. The second kappa shape index (κ2) is 6.51. The summed E-state index contributed by atoms with van der Waals surface area (Å²) in [5, 5.41) is 3.32. The summed E-state index contributed by atoms with van der Waals surface area (Å²) in [7, 11) is 1.94. The van der Waals surface area contributed by atoms with Crippen LogP contribution in [0.25, 0.3) is 0 Å². The SMILES string of the molecule is CNC(Cc1cc(F)ccc1Br)c1cc(C)cc(C)c1. The Morgan fingerprint density at radius 1 is 1.10 bits per heavy atom. The molecule has 3 heteroatoms. The van der Waals surface area contributed by atoms with E-state index in [0.29, 0.717) is 0 Å². The van der Waals surface area contributed by atoms with E-state index >= 15 is 0 Å². The van der Waals surface area contributed by atoms with Gasteiger partial charge < -0.3 is 5.32 Å². The molecule has 0 aliphatic rings. The normalized spacial score (nSPS) is 12.4. The van der Waals surface area contributed by atoms with Crippen LogP contribution in [0.1, 0.15) is 28.3 Å². The van der Waals surface area contributed by atoms with E-state index in [2.05, 4.69) is 53.3 Å². The summed E-state index contributed by atoms with van der Waals surface area (Å²) < 4.78 is 14.3. The summed E-state index contributed by atoms with van der Waals surface area (Å²) in [6.07, 6.45) is 0.748. The molecule has 0 aliphatic heterocycles. The molecule has 1 N–H and O–H groups in total. The van der Waals surface area contributed by atoms with Gasteiger partial charge in [0.25, 0.3) is 0 Å². The average molecular weight is 336 g/mol. The predicted octanol–water partition coefficient (Wildman–Crippen LogP) is 4.71. The molecule has 1 nitrogen and oxygen atoms in total. The average Bonchev–Trinajstić information content (AvgIpc) is 2.38. The summed E-state index contributed by atoms with van der Waals surface area (Å²) in [6, 6.07) is 11.5. The van der Waals surface area contributed by atoms with E-state index in [1.807, 2.05) is 7.05 Å². The van der Waals surface area contributed by atoms with Crippen LogP contribution in [0, 0.1) is 19.7 Å². The maximum Gasteiger partial charge on any atom is 0.123 e. The van der Waals surface area contributed by atoms with Gasteiger partial charge in [0, 0.05) is 10.5 Å². The molecule has 106 valence electrons. The Balaban J connectivity index is 2.30. The summed E-state index contributed by atoms with van der Waals surface area (Å²) in [4.78, 5) is 0. The number of rotatable bonds is 4. The van der Waals surface area contributed by atoms with E-state index in [0.717, 1.165) is 16.5 Å². The van der Waals surface area contributed by atoms with Crippen LogP contribution in [0.4, 0.5) is 4.39 Å². The maximum absolute atomic E-state index is 13.4. The Labute approximate surface area is 128 Å². The van der Waals surface area contributed by atoms with Crippen molar-refractivity contribution in [3.63, 3.8) is 0 Å². The Bertz CT molecular complexity index is 590. The Morgan fingerprint density at radius 3 is 2.35 bits per heavy atom. The van der Waals surface area contributed by atoms with Crippen molar-refractivity contribution in [2.45, 2.75) is 26.3 Å². The number of hydrogen-bond donors (Lipinski definition) is 1. The first-order valence-corrected chi connectivity index (χ1v) is 7.48. The lowest BCUT2D eigenvalue weighted by molar-refractivity contribution is 0.582. The van der Waals surface area contributed by atoms with Crippen molar-refractivity contribution in [2.24, 2.45) is 0 Å². The minimum Gasteiger partial charge on any atom is -0.313 e. The summed E-state index contributed by atoms with van der Waals surface area (Å²) in [5.41, 5.74) is 4.71. The van der Waals surface area contributed by atoms with Gasteiger partial charge in [0.1, 0.15) is 5.82 Å². The summed E-state index contributed by atoms with van der Waals surface area (Å²) in [5.74, 6) is -0.196. The number of likely N-dealkylation sites (N-methyl/N-ethyl adjacent to an activating group) is 1. The van der Waals surface area contributed by atoms with Gasteiger partial charge in [-0.15, -0.1) is 0 Å². The van der Waals surface area contributed by atoms with Gasteiger partial charge in [0.2, 0.25) is 0 Å². The Kier molecular flexibility index (Phi) is 4.95. The quantitative estimate of drug-likeness (QED) is 0.853. The summed E-state index contributed by atoms with van der Waals surface area (Å²) in [6.45, 7) is 4.20. The second-order valence-electron chi connectivity index (χ2n) is 5.20. The van der Waals surface area contributed by atoms with Gasteiger partial charge in [0.15, 0.2) is 0 Å². The lowest BCUT2D eigenvalue weighted by atomic mass is 9.96. The molecule has 2 aromatic rings. The minimum atomic E-state index is -0.196. The molecule has 0 spiro atoms. The van der Waals surface area contributed by atoms with Gasteiger partial charge in [-0.3, -0.25) is 0 Å². The molecule has 0 heterocycles. The van der Waals surface area contributed by atoms with Crippen molar-refractivity contribution in [2.75, 3.05) is 7.05 Å². The van der Waals surface area contributed by atoms with Crippen LogP contribution >= 0.6 is 15.9 Å².